The fourth-order valence-corrected chi connectivity index (χ4v) is 5.43. The lowest BCUT2D eigenvalue weighted by atomic mass is 9.68. The summed E-state index contributed by atoms with van der Waals surface area (Å²) >= 11 is 6.02. The van der Waals surface area contributed by atoms with Crippen LogP contribution in [0.3, 0.4) is 0 Å². The fraction of sp³-hybridized carbons (Fsp3) is 1.00. The van der Waals surface area contributed by atoms with Crippen LogP contribution >= 0.6 is 27.7 Å². The van der Waals surface area contributed by atoms with E-state index in [2.05, 4.69) is 55.4 Å². The normalized spacial score (nSPS) is 31.7. The van der Waals surface area contributed by atoms with Gasteiger partial charge in [0.2, 0.25) is 0 Å². The first-order valence-corrected chi connectivity index (χ1v) is 8.76. The molecule has 3 atom stereocenters. The molecule has 96 valence electrons. The van der Waals surface area contributed by atoms with Gasteiger partial charge in [-0.05, 0) is 48.0 Å². The van der Waals surface area contributed by atoms with Gasteiger partial charge in [0.25, 0.3) is 0 Å². The lowest BCUT2D eigenvalue weighted by Gasteiger charge is -2.42. The summed E-state index contributed by atoms with van der Waals surface area (Å²) in [6.45, 7) is 9.59. The maximum Gasteiger partial charge on any atom is 0.0181 e. The Balaban J connectivity index is 2.47. The van der Waals surface area contributed by atoms with Crippen molar-refractivity contribution in [3.05, 3.63) is 0 Å². The Morgan fingerprint density at radius 1 is 1.31 bits per heavy atom. The summed E-state index contributed by atoms with van der Waals surface area (Å²) in [6.07, 6.45) is 5.58. The molecule has 0 amide bonds. The molecule has 3 unspecified atom stereocenters. The van der Waals surface area contributed by atoms with Crippen LogP contribution in [0.4, 0.5) is 0 Å². The van der Waals surface area contributed by atoms with Crippen molar-refractivity contribution in [2.24, 2.45) is 17.3 Å². The van der Waals surface area contributed by atoms with Gasteiger partial charge >= 0.3 is 0 Å². The Kier molecular flexibility index (Phi) is 6.22. The summed E-state index contributed by atoms with van der Waals surface area (Å²) in [7, 11) is 0. The lowest BCUT2D eigenvalue weighted by Crippen LogP contribution is -2.36. The Morgan fingerprint density at radius 2 is 2.00 bits per heavy atom. The van der Waals surface area contributed by atoms with Gasteiger partial charge in [-0.2, -0.15) is 11.8 Å². The zero-order valence-corrected chi connectivity index (χ0v) is 13.7. The van der Waals surface area contributed by atoms with Crippen molar-refractivity contribution in [3.63, 3.8) is 0 Å². The van der Waals surface area contributed by atoms with Gasteiger partial charge in [0.1, 0.15) is 0 Å². The molecule has 0 aromatic carbocycles. The van der Waals surface area contributed by atoms with Crippen LogP contribution in [0.5, 0.6) is 0 Å². The van der Waals surface area contributed by atoms with E-state index in [1.807, 2.05) is 0 Å². The molecule has 1 aliphatic rings. The minimum absolute atomic E-state index is 0.510. The molecule has 2 heteroatoms. The number of alkyl halides is 1. The molecule has 0 N–H and O–H groups in total. The zero-order chi connectivity index (χ0) is 12.2. The van der Waals surface area contributed by atoms with Crippen LogP contribution in [0.25, 0.3) is 0 Å². The topological polar surface area (TPSA) is 0 Å². The average molecular weight is 307 g/mol. The van der Waals surface area contributed by atoms with Crippen molar-refractivity contribution < 1.29 is 0 Å². The molecule has 0 nitrogen and oxygen atoms in total. The molecule has 0 saturated heterocycles. The van der Waals surface area contributed by atoms with Gasteiger partial charge in [-0.3, -0.25) is 0 Å². The number of rotatable bonds is 5. The van der Waals surface area contributed by atoms with Crippen LogP contribution in [0.2, 0.25) is 0 Å². The van der Waals surface area contributed by atoms with Gasteiger partial charge in [-0.25, -0.2) is 0 Å². The Morgan fingerprint density at radius 3 is 2.56 bits per heavy atom. The van der Waals surface area contributed by atoms with E-state index in [1.54, 1.807) is 0 Å². The van der Waals surface area contributed by atoms with Crippen LogP contribution in [-0.2, 0) is 0 Å². The van der Waals surface area contributed by atoms with Crippen molar-refractivity contribution in [2.45, 2.75) is 58.2 Å². The van der Waals surface area contributed by atoms with Gasteiger partial charge in [0.15, 0.2) is 0 Å². The number of hydrogen-bond acceptors (Lipinski definition) is 1. The van der Waals surface area contributed by atoms with Gasteiger partial charge < -0.3 is 0 Å². The van der Waals surface area contributed by atoms with Crippen LogP contribution < -0.4 is 0 Å². The molecular formula is C14H27BrS. The molecule has 1 fully saturated rings. The van der Waals surface area contributed by atoms with E-state index < -0.39 is 0 Å². The molecule has 0 bridgehead atoms. The van der Waals surface area contributed by atoms with E-state index in [0.717, 1.165) is 16.7 Å². The second-order valence-corrected chi connectivity index (χ2v) is 8.55. The van der Waals surface area contributed by atoms with Gasteiger partial charge in [-0.15, -0.1) is 0 Å². The highest BCUT2D eigenvalue weighted by Crippen LogP contribution is 2.45. The van der Waals surface area contributed by atoms with Gasteiger partial charge in [0, 0.05) is 4.83 Å². The fourth-order valence-electron chi connectivity index (χ4n) is 2.86. The molecule has 16 heavy (non-hydrogen) atoms. The third kappa shape index (κ3) is 4.25. The zero-order valence-electron chi connectivity index (χ0n) is 11.3. The summed E-state index contributed by atoms with van der Waals surface area (Å²) in [5, 5.41) is 0. The molecule has 1 rings (SSSR count). The summed E-state index contributed by atoms with van der Waals surface area (Å²) in [4.78, 5) is 0.748. The van der Waals surface area contributed by atoms with Crippen LogP contribution in [-0.4, -0.2) is 16.3 Å². The van der Waals surface area contributed by atoms with Gasteiger partial charge in [-0.1, -0.05) is 50.0 Å². The van der Waals surface area contributed by atoms with E-state index in [0.29, 0.717) is 5.41 Å². The third-order valence-electron chi connectivity index (χ3n) is 4.13. The van der Waals surface area contributed by atoms with Crippen LogP contribution in [0.1, 0.15) is 53.4 Å². The Bertz CT molecular complexity index is 203. The maximum atomic E-state index is 3.93. The van der Waals surface area contributed by atoms with Crippen molar-refractivity contribution >= 4 is 27.7 Å². The molecule has 0 heterocycles. The van der Waals surface area contributed by atoms with E-state index >= 15 is 0 Å². The minimum Gasteiger partial charge on any atom is -0.162 e. The highest BCUT2D eigenvalue weighted by Gasteiger charge is 2.37. The number of halogens is 1. The summed E-state index contributed by atoms with van der Waals surface area (Å²) in [5.74, 6) is 4.38. The summed E-state index contributed by atoms with van der Waals surface area (Å²) < 4.78 is 0. The van der Waals surface area contributed by atoms with E-state index in [1.165, 1.54) is 37.2 Å². The molecular weight excluding hydrogens is 280 g/mol. The first-order chi connectivity index (χ1) is 7.47. The first-order valence-electron chi connectivity index (χ1n) is 6.69. The highest BCUT2D eigenvalue weighted by molar-refractivity contribution is 9.09. The predicted octanol–water partition coefficient (Wildman–Crippen LogP) is 5.36. The molecule has 0 aromatic heterocycles. The lowest BCUT2D eigenvalue weighted by molar-refractivity contribution is 0.143. The predicted molar refractivity (Wildman–Crippen MR) is 80.6 cm³/mol. The molecule has 1 aliphatic carbocycles. The molecule has 0 radical (unpaired) electrons. The second-order valence-electron chi connectivity index (χ2n) is 5.98. The molecule has 1 saturated carbocycles. The van der Waals surface area contributed by atoms with Crippen molar-refractivity contribution in [3.8, 4) is 0 Å². The van der Waals surface area contributed by atoms with Crippen molar-refractivity contribution in [1.29, 1.82) is 0 Å². The molecule has 0 spiro atoms. The Labute approximate surface area is 114 Å². The Hall–Kier alpha value is 0.830. The van der Waals surface area contributed by atoms with Crippen LogP contribution in [0, 0.1) is 17.3 Å². The van der Waals surface area contributed by atoms with E-state index in [4.69, 9.17) is 0 Å². The first kappa shape index (κ1) is 14.9. The SMILES string of the molecule is CCSCCC(C)(C)C1CCC(C)CC1Br. The van der Waals surface area contributed by atoms with Gasteiger partial charge in [0.05, 0.1) is 0 Å². The maximum absolute atomic E-state index is 3.93. The largest absolute Gasteiger partial charge is 0.162 e. The van der Waals surface area contributed by atoms with Crippen molar-refractivity contribution in [1.82, 2.24) is 0 Å². The van der Waals surface area contributed by atoms with E-state index in [-0.39, 0.29) is 0 Å². The highest BCUT2D eigenvalue weighted by atomic mass is 79.9. The van der Waals surface area contributed by atoms with E-state index in [9.17, 15) is 0 Å². The second kappa shape index (κ2) is 6.68. The average Bonchev–Trinajstić information content (AvgIpc) is 2.17. The monoisotopic (exact) mass is 306 g/mol. The third-order valence-corrected chi connectivity index (χ3v) is 6.05. The minimum atomic E-state index is 0.510. The molecule has 0 aromatic rings. The quantitative estimate of drug-likeness (QED) is 0.487. The standard InChI is InChI=1S/C14H27BrS/c1-5-16-9-8-14(3,4)12-7-6-11(2)10-13(12)15/h11-13H,5-10H2,1-4H3. The van der Waals surface area contributed by atoms with Crippen molar-refractivity contribution in [2.75, 3.05) is 11.5 Å². The summed E-state index contributed by atoms with van der Waals surface area (Å²) in [5.41, 5.74) is 0.510. The number of thioether (sulfide) groups is 1. The van der Waals surface area contributed by atoms with Crippen LogP contribution in [0.15, 0.2) is 0 Å². The smallest absolute Gasteiger partial charge is 0.0181 e. The molecule has 0 aliphatic heterocycles. The number of hydrogen-bond donors (Lipinski definition) is 0. The summed E-state index contributed by atoms with van der Waals surface area (Å²) in [6, 6.07) is 0.